The number of benzene rings is 2. The summed E-state index contributed by atoms with van der Waals surface area (Å²) in [6.45, 7) is 7.46. The number of amides is 1. The fourth-order valence-corrected chi connectivity index (χ4v) is 3.78. The number of carbonyl (C=O) groups is 1. The van der Waals surface area contributed by atoms with Crippen molar-refractivity contribution in [1.82, 2.24) is 14.9 Å². The van der Waals surface area contributed by atoms with Gasteiger partial charge in [-0.3, -0.25) is 9.69 Å². The molecule has 11 heteroatoms. The van der Waals surface area contributed by atoms with Gasteiger partial charge >= 0.3 is 0 Å². The molecule has 1 aliphatic heterocycles. The molecule has 0 atom stereocenters. The third-order valence-electron chi connectivity index (χ3n) is 5.39. The van der Waals surface area contributed by atoms with Crippen molar-refractivity contribution in [3.05, 3.63) is 59.9 Å². The molecule has 184 valence electrons. The van der Waals surface area contributed by atoms with Gasteiger partial charge in [0.1, 0.15) is 23.7 Å². The molecule has 1 amide bonds. The second-order valence-electron chi connectivity index (χ2n) is 7.86. The molecule has 0 bridgehead atoms. The minimum absolute atomic E-state index is 0.0458. The lowest BCUT2D eigenvalue weighted by Crippen LogP contribution is -2.37. The van der Waals surface area contributed by atoms with E-state index in [-0.39, 0.29) is 10.7 Å². The molecular formula is C24H24ClF2N5O3. The maximum Gasteiger partial charge on any atom is 0.283 e. The SMILES string of the molecule is C=C(F)C(=O)Nc1cc2c(Nc3ccc(F)c(Cl)c3)ncnc2cc1OCCCN1CCOCC1. The van der Waals surface area contributed by atoms with Gasteiger partial charge in [0.25, 0.3) is 5.91 Å². The quantitative estimate of drug-likeness (QED) is 0.323. The van der Waals surface area contributed by atoms with Gasteiger partial charge in [0.2, 0.25) is 0 Å². The Labute approximate surface area is 205 Å². The maximum atomic E-state index is 13.5. The molecule has 2 heterocycles. The number of carbonyl (C=O) groups excluding carboxylic acids is 1. The molecule has 35 heavy (non-hydrogen) atoms. The number of ether oxygens (including phenoxy) is 2. The van der Waals surface area contributed by atoms with Crippen LogP contribution in [0.15, 0.2) is 49.1 Å². The highest BCUT2D eigenvalue weighted by molar-refractivity contribution is 6.31. The van der Waals surface area contributed by atoms with E-state index in [1.807, 2.05) is 0 Å². The Hall–Kier alpha value is -3.34. The lowest BCUT2D eigenvalue weighted by molar-refractivity contribution is -0.114. The van der Waals surface area contributed by atoms with Gasteiger partial charge in [0, 0.05) is 36.8 Å². The summed E-state index contributed by atoms with van der Waals surface area (Å²) in [5.74, 6) is -1.95. The van der Waals surface area contributed by atoms with E-state index in [9.17, 15) is 13.6 Å². The monoisotopic (exact) mass is 503 g/mol. The first kappa shape index (κ1) is 24.8. The van der Waals surface area contributed by atoms with E-state index in [1.54, 1.807) is 12.1 Å². The van der Waals surface area contributed by atoms with Crippen LogP contribution in [0.5, 0.6) is 5.75 Å². The lowest BCUT2D eigenvalue weighted by Gasteiger charge is -2.26. The van der Waals surface area contributed by atoms with Crippen molar-refractivity contribution in [2.45, 2.75) is 6.42 Å². The van der Waals surface area contributed by atoms with E-state index in [2.05, 4.69) is 32.1 Å². The summed E-state index contributed by atoms with van der Waals surface area (Å²) in [6.07, 6.45) is 2.11. The molecular weight excluding hydrogens is 480 g/mol. The number of hydrogen-bond acceptors (Lipinski definition) is 7. The Morgan fingerprint density at radius 1 is 1.23 bits per heavy atom. The predicted octanol–water partition coefficient (Wildman–Crippen LogP) is 4.69. The molecule has 4 rings (SSSR count). The van der Waals surface area contributed by atoms with Crippen molar-refractivity contribution >= 4 is 45.6 Å². The van der Waals surface area contributed by atoms with Crippen molar-refractivity contribution in [1.29, 1.82) is 0 Å². The number of rotatable bonds is 9. The van der Waals surface area contributed by atoms with Gasteiger partial charge in [-0.05, 0) is 30.7 Å². The van der Waals surface area contributed by atoms with Crippen molar-refractivity contribution in [2.24, 2.45) is 0 Å². The van der Waals surface area contributed by atoms with Gasteiger partial charge in [0.15, 0.2) is 5.83 Å². The van der Waals surface area contributed by atoms with Crippen LogP contribution in [0.1, 0.15) is 6.42 Å². The van der Waals surface area contributed by atoms with Crippen LogP contribution < -0.4 is 15.4 Å². The minimum atomic E-state index is -1.13. The zero-order chi connectivity index (χ0) is 24.8. The second-order valence-corrected chi connectivity index (χ2v) is 8.26. The van der Waals surface area contributed by atoms with Crippen molar-refractivity contribution in [3.8, 4) is 5.75 Å². The standard InChI is InChI=1S/C24H24ClF2N5O3/c1-15(26)24(33)31-21-12-17-20(13-22(21)35-8-2-5-32-6-9-34-10-7-32)28-14-29-23(17)30-16-3-4-19(27)18(25)11-16/h3-4,11-14H,1-2,5-10H2,(H,31,33)(H,28,29,30). The highest BCUT2D eigenvalue weighted by Gasteiger charge is 2.16. The highest BCUT2D eigenvalue weighted by Crippen LogP contribution is 2.34. The molecule has 1 aliphatic rings. The normalized spacial score (nSPS) is 14.0. The fraction of sp³-hybridized carbons (Fsp3) is 0.292. The molecule has 1 aromatic heterocycles. The van der Waals surface area contributed by atoms with Crippen LogP contribution in [0, 0.1) is 5.82 Å². The van der Waals surface area contributed by atoms with E-state index >= 15 is 0 Å². The number of nitrogens with zero attached hydrogens (tertiary/aromatic N) is 3. The number of nitrogens with one attached hydrogen (secondary N) is 2. The molecule has 1 fully saturated rings. The Balaban J connectivity index is 1.58. The fourth-order valence-electron chi connectivity index (χ4n) is 3.60. The Morgan fingerprint density at radius 3 is 2.77 bits per heavy atom. The molecule has 0 aliphatic carbocycles. The van der Waals surface area contributed by atoms with Gasteiger partial charge in [-0.1, -0.05) is 18.2 Å². The van der Waals surface area contributed by atoms with Gasteiger partial charge in [-0.15, -0.1) is 0 Å². The molecule has 1 saturated heterocycles. The number of fused-ring (bicyclic) bond motifs is 1. The minimum Gasteiger partial charge on any atom is -0.491 e. The van der Waals surface area contributed by atoms with E-state index < -0.39 is 17.6 Å². The van der Waals surface area contributed by atoms with Gasteiger partial charge in [-0.25, -0.2) is 18.7 Å². The average Bonchev–Trinajstić information content (AvgIpc) is 2.85. The van der Waals surface area contributed by atoms with Crippen LogP contribution in [0.4, 0.5) is 26.0 Å². The summed E-state index contributed by atoms with van der Waals surface area (Å²) in [5.41, 5.74) is 1.26. The van der Waals surface area contributed by atoms with Gasteiger partial charge in [0.05, 0.1) is 36.0 Å². The number of morpholine rings is 1. The summed E-state index contributed by atoms with van der Waals surface area (Å²) in [4.78, 5) is 22.8. The molecule has 2 aromatic carbocycles. The van der Waals surface area contributed by atoms with Crippen molar-refractivity contribution < 1.29 is 23.0 Å². The molecule has 0 saturated carbocycles. The first-order valence-electron chi connectivity index (χ1n) is 11.0. The highest BCUT2D eigenvalue weighted by atomic mass is 35.5. The smallest absolute Gasteiger partial charge is 0.283 e. The van der Waals surface area contributed by atoms with E-state index in [4.69, 9.17) is 21.1 Å². The molecule has 2 N–H and O–H groups in total. The average molecular weight is 504 g/mol. The lowest BCUT2D eigenvalue weighted by atomic mass is 10.1. The van der Waals surface area contributed by atoms with Crippen LogP contribution in [0.2, 0.25) is 5.02 Å². The number of hydrogen-bond donors (Lipinski definition) is 2. The van der Waals surface area contributed by atoms with Gasteiger partial charge < -0.3 is 20.1 Å². The zero-order valence-electron chi connectivity index (χ0n) is 18.8. The second kappa shape index (κ2) is 11.4. The van der Waals surface area contributed by atoms with Crippen LogP contribution in [0.3, 0.4) is 0 Å². The molecule has 3 aromatic rings. The van der Waals surface area contributed by atoms with Crippen LogP contribution >= 0.6 is 11.6 Å². The Morgan fingerprint density at radius 2 is 2.03 bits per heavy atom. The Kier molecular flexibility index (Phi) is 8.06. The molecule has 8 nitrogen and oxygen atoms in total. The van der Waals surface area contributed by atoms with Crippen LogP contribution in [-0.4, -0.2) is 60.2 Å². The number of halogens is 3. The third-order valence-corrected chi connectivity index (χ3v) is 5.68. The topological polar surface area (TPSA) is 88.6 Å². The maximum absolute atomic E-state index is 13.5. The molecule has 0 unspecified atom stereocenters. The van der Waals surface area contributed by atoms with E-state index in [0.717, 1.165) is 39.3 Å². The van der Waals surface area contributed by atoms with Gasteiger partial charge in [-0.2, -0.15) is 0 Å². The van der Waals surface area contributed by atoms with E-state index in [1.165, 1.54) is 24.5 Å². The molecule has 0 spiro atoms. The summed E-state index contributed by atoms with van der Waals surface area (Å²) >= 11 is 5.88. The third kappa shape index (κ3) is 6.41. The zero-order valence-corrected chi connectivity index (χ0v) is 19.6. The first-order valence-corrected chi connectivity index (χ1v) is 11.4. The summed E-state index contributed by atoms with van der Waals surface area (Å²) in [6, 6.07) is 7.39. The van der Waals surface area contributed by atoms with Crippen LogP contribution in [0.25, 0.3) is 10.9 Å². The largest absolute Gasteiger partial charge is 0.491 e. The summed E-state index contributed by atoms with van der Waals surface area (Å²) in [7, 11) is 0. The van der Waals surface area contributed by atoms with Crippen molar-refractivity contribution in [2.75, 3.05) is 50.1 Å². The number of aromatic nitrogens is 2. The molecule has 0 radical (unpaired) electrons. The first-order chi connectivity index (χ1) is 16.9. The summed E-state index contributed by atoms with van der Waals surface area (Å²) in [5, 5.41) is 6.02. The van der Waals surface area contributed by atoms with Crippen LogP contribution in [-0.2, 0) is 9.53 Å². The summed E-state index contributed by atoms with van der Waals surface area (Å²) < 4.78 is 38.2. The Bertz CT molecular complexity index is 1240. The predicted molar refractivity (Wildman–Crippen MR) is 130 cm³/mol. The number of anilines is 3. The van der Waals surface area contributed by atoms with Crippen molar-refractivity contribution in [3.63, 3.8) is 0 Å². The van der Waals surface area contributed by atoms with E-state index in [0.29, 0.717) is 34.8 Å².